The Bertz CT molecular complexity index is 770. The predicted octanol–water partition coefficient (Wildman–Crippen LogP) is 2.94. The highest BCUT2D eigenvalue weighted by molar-refractivity contribution is 7.17. The maximum Gasteiger partial charge on any atom is 0.260 e. The maximum absolute atomic E-state index is 12.7. The van der Waals surface area contributed by atoms with Gasteiger partial charge in [0.25, 0.3) is 5.91 Å². The van der Waals surface area contributed by atoms with Crippen molar-refractivity contribution in [3.8, 4) is 5.75 Å². The van der Waals surface area contributed by atoms with E-state index in [0.717, 1.165) is 36.1 Å². The first-order chi connectivity index (χ1) is 11.1. The number of fused-ring (bicyclic) bond motifs is 1. The van der Waals surface area contributed by atoms with Gasteiger partial charge in [-0.1, -0.05) is 0 Å². The number of aromatic hydroxyl groups is 1. The van der Waals surface area contributed by atoms with E-state index in [1.165, 1.54) is 30.5 Å². The number of aromatic nitrogens is 1. The van der Waals surface area contributed by atoms with Gasteiger partial charge in [-0.2, -0.15) is 0 Å². The van der Waals surface area contributed by atoms with Gasteiger partial charge in [-0.15, -0.1) is 11.3 Å². The van der Waals surface area contributed by atoms with Crippen LogP contribution in [0.25, 0.3) is 0 Å². The zero-order valence-corrected chi connectivity index (χ0v) is 13.5. The number of anilines is 2. The predicted molar refractivity (Wildman–Crippen MR) is 89.1 cm³/mol. The molecule has 0 atom stereocenters. The van der Waals surface area contributed by atoms with E-state index >= 15 is 0 Å². The number of amides is 2. The summed E-state index contributed by atoms with van der Waals surface area (Å²) < 4.78 is 0. The summed E-state index contributed by atoms with van der Waals surface area (Å²) in [4.78, 5) is 29.2. The molecule has 0 unspecified atom stereocenters. The second-order valence-corrected chi connectivity index (χ2v) is 6.53. The molecule has 3 N–H and O–H groups in total. The van der Waals surface area contributed by atoms with Gasteiger partial charge in [-0.05, 0) is 43.4 Å². The molecule has 0 saturated carbocycles. The van der Waals surface area contributed by atoms with Gasteiger partial charge in [0.1, 0.15) is 5.00 Å². The van der Waals surface area contributed by atoms with Crippen LogP contribution < -0.4 is 10.6 Å². The fourth-order valence-corrected chi connectivity index (χ4v) is 4.05. The summed E-state index contributed by atoms with van der Waals surface area (Å²) in [6, 6.07) is 3.04. The van der Waals surface area contributed by atoms with Gasteiger partial charge in [0, 0.05) is 18.0 Å². The minimum absolute atomic E-state index is 0.0916. The van der Waals surface area contributed by atoms with E-state index in [1.807, 2.05) is 0 Å². The third-order valence-electron chi connectivity index (χ3n) is 3.71. The van der Waals surface area contributed by atoms with Crippen LogP contribution in [0.1, 0.15) is 40.6 Å². The quantitative estimate of drug-likeness (QED) is 0.806. The zero-order chi connectivity index (χ0) is 16.4. The lowest BCUT2D eigenvalue weighted by molar-refractivity contribution is -0.114. The molecule has 0 bridgehead atoms. The van der Waals surface area contributed by atoms with E-state index < -0.39 is 0 Å². The molecule has 6 nitrogen and oxygen atoms in total. The standard InChI is InChI=1S/C16H17N3O3S/c1-9(20)18-16-13(10-5-2-3-7-12(10)23-16)15(22)19-14-11(21)6-4-8-17-14/h4,6,8,21H,2-3,5,7H2,1H3,(H,18,20)(H,17,19,22). The molecule has 2 amide bonds. The highest BCUT2D eigenvalue weighted by Gasteiger charge is 2.26. The summed E-state index contributed by atoms with van der Waals surface area (Å²) in [5.41, 5.74) is 1.49. The van der Waals surface area contributed by atoms with E-state index in [0.29, 0.717) is 10.6 Å². The van der Waals surface area contributed by atoms with E-state index in [2.05, 4.69) is 15.6 Å². The number of rotatable bonds is 3. The van der Waals surface area contributed by atoms with Crippen LogP contribution in [0.2, 0.25) is 0 Å². The van der Waals surface area contributed by atoms with Gasteiger partial charge in [-0.3, -0.25) is 9.59 Å². The molecule has 0 saturated heterocycles. The second kappa shape index (κ2) is 6.37. The lowest BCUT2D eigenvalue weighted by Crippen LogP contribution is -2.18. The van der Waals surface area contributed by atoms with E-state index in [1.54, 1.807) is 6.07 Å². The van der Waals surface area contributed by atoms with Gasteiger partial charge in [-0.25, -0.2) is 4.98 Å². The molecule has 120 valence electrons. The monoisotopic (exact) mass is 331 g/mol. The van der Waals surface area contributed by atoms with Crippen molar-refractivity contribution in [2.45, 2.75) is 32.6 Å². The molecule has 0 fully saturated rings. The Kier molecular flexibility index (Phi) is 4.29. The Morgan fingerprint density at radius 1 is 1.26 bits per heavy atom. The van der Waals surface area contributed by atoms with Crippen molar-refractivity contribution >= 4 is 34.0 Å². The summed E-state index contributed by atoms with van der Waals surface area (Å²) >= 11 is 1.46. The molecule has 2 aromatic heterocycles. The number of pyridine rings is 1. The number of nitrogens with one attached hydrogen (secondary N) is 2. The fourth-order valence-electron chi connectivity index (χ4n) is 2.72. The Hall–Kier alpha value is -2.41. The summed E-state index contributed by atoms with van der Waals surface area (Å²) in [6.07, 6.45) is 5.36. The summed E-state index contributed by atoms with van der Waals surface area (Å²) in [5, 5.41) is 15.7. The van der Waals surface area contributed by atoms with E-state index in [-0.39, 0.29) is 23.4 Å². The number of carbonyl (C=O) groups excluding carboxylic acids is 2. The summed E-state index contributed by atoms with van der Waals surface area (Å²) in [6.45, 7) is 1.42. The van der Waals surface area contributed by atoms with Crippen molar-refractivity contribution in [2.75, 3.05) is 10.6 Å². The number of nitrogens with zero attached hydrogens (tertiary/aromatic N) is 1. The molecule has 7 heteroatoms. The molecule has 1 aliphatic carbocycles. The molecule has 23 heavy (non-hydrogen) atoms. The van der Waals surface area contributed by atoms with Crippen molar-refractivity contribution in [3.05, 3.63) is 34.3 Å². The van der Waals surface area contributed by atoms with Gasteiger partial charge in [0.2, 0.25) is 5.91 Å². The molecule has 2 aromatic rings. The van der Waals surface area contributed by atoms with Crippen molar-refractivity contribution < 1.29 is 14.7 Å². The lowest BCUT2D eigenvalue weighted by Gasteiger charge is -2.13. The Morgan fingerprint density at radius 2 is 2.04 bits per heavy atom. The minimum Gasteiger partial charge on any atom is -0.504 e. The van der Waals surface area contributed by atoms with Crippen LogP contribution in [0, 0.1) is 0 Å². The first kappa shape index (κ1) is 15.5. The molecule has 0 aromatic carbocycles. The highest BCUT2D eigenvalue weighted by Crippen LogP contribution is 2.38. The number of hydrogen-bond donors (Lipinski definition) is 3. The maximum atomic E-state index is 12.7. The molecule has 0 spiro atoms. The number of thiophene rings is 1. The minimum atomic E-state index is -0.359. The first-order valence-corrected chi connectivity index (χ1v) is 8.25. The van der Waals surface area contributed by atoms with Crippen LogP contribution in [-0.2, 0) is 17.6 Å². The third kappa shape index (κ3) is 3.19. The van der Waals surface area contributed by atoms with Crippen molar-refractivity contribution in [1.29, 1.82) is 0 Å². The van der Waals surface area contributed by atoms with Crippen LogP contribution >= 0.6 is 11.3 Å². The van der Waals surface area contributed by atoms with Crippen LogP contribution in [0.15, 0.2) is 18.3 Å². The van der Waals surface area contributed by atoms with E-state index in [4.69, 9.17) is 0 Å². The van der Waals surface area contributed by atoms with Crippen molar-refractivity contribution in [3.63, 3.8) is 0 Å². The molecule has 3 rings (SSSR count). The lowest BCUT2D eigenvalue weighted by atomic mass is 9.95. The zero-order valence-electron chi connectivity index (χ0n) is 12.7. The first-order valence-electron chi connectivity index (χ1n) is 7.43. The van der Waals surface area contributed by atoms with Crippen molar-refractivity contribution in [2.24, 2.45) is 0 Å². The average molecular weight is 331 g/mol. The largest absolute Gasteiger partial charge is 0.504 e. The average Bonchev–Trinajstić information content (AvgIpc) is 2.86. The molecule has 0 radical (unpaired) electrons. The van der Waals surface area contributed by atoms with Gasteiger partial charge >= 0.3 is 0 Å². The topological polar surface area (TPSA) is 91.3 Å². The Morgan fingerprint density at radius 3 is 2.78 bits per heavy atom. The Balaban J connectivity index is 1.96. The van der Waals surface area contributed by atoms with Crippen LogP contribution in [0.3, 0.4) is 0 Å². The number of carbonyl (C=O) groups is 2. The summed E-state index contributed by atoms with van der Waals surface area (Å²) in [5.74, 6) is -0.548. The molecular weight excluding hydrogens is 314 g/mol. The third-order valence-corrected chi connectivity index (χ3v) is 4.91. The van der Waals surface area contributed by atoms with Crippen LogP contribution in [-0.4, -0.2) is 21.9 Å². The second-order valence-electron chi connectivity index (χ2n) is 5.42. The normalized spacial score (nSPS) is 13.3. The highest BCUT2D eigenvalue weighted by atomic mass is 32.1. The van der Waals surface area contributed by atoms with Gasteiger partial charge < -0.3 is 15.7 Å². The van der Waals surface area contributed by atoms with Gasteiger partial charge in [0.05, 0.1) is 5.56 Å². The molecule has 2 heterocycles. The summed E-state index contributed by atoms with van der Waals surface area (Å²) in [7, 11) is 0. The smallest absolute Gasteiger partial charge is 0.260 e. The number of hydrogen-bond acceptors (Lipinski definition) is 5. The Labute approximate surface area is 137 Å². The molecule has 1 aliphatic rings. The number of aryl methyl sites for hydroxylation is 1. The molecular formula is C16H17N3O3S. The van der Waals surface area contributed by atoms with Crippen LogP contribution in [0.4, 0.5) is 10.8 Å². The SMILES string of the molecule is CC(=O)Nc1sc2c(c1C(=O)Nc1ncccc1O)CCCC2. The molecule has 0 aliphatic heterocycles. The van der Waals surface area contributed by atoms with Crippen LogP contribution in [0.5, 0.6) is 5.75 Å². The fraction of sp³-hybridized carbons (Fsp3) is 0.312. The van der Waals surface area contributed by atoms with Gasteiger partial charge in [0.15, 0.2) is 11.6 Å². The van der Waals surface area contributed by atoms with Crippen molar-refractivity contribution in [1.82, 2.24) is 4.98 Å². The van der Waals surface area contributed by atoms with E-state index in [9.17, 15) is 14.7 Å².